The minimum absolute atomic E-state index is 0.0289. The van der Waals surface area contributed by atoms with Gasteiger partial charge in [-0.25, -0.2) is 0 Å². The first-order valence-corrected chi connectivity index (χ1v) is 10.2. The van der Waals surface area contributed by atoms with Crippen molar-refractivity contribution in [2.45, 2.75) is 46.3 Å². The highest BCUT2D eigenvalue weighted by molar-refractivity contribution is 5.88. The molecule has 32 heavy (non-hydrogen) atoms. The van der Waals surface area contributed by atoms with Crippen LogP contribution in [0.25, 0.3) is 0 Å². The molecule has 0 aliphatic heterocycles. The number of amides is 2. The van der Waals surface area contributed by atoms with Crippen molar-refractivity contribution in [3.8, 4) is 11.5 Å². The first-order valence-electron chi connectivity index (χ1n) is 10.2. The molecule has 2 rings (SSSR count). The summed E-state index contributed by atoms with van der Waals surface area (Å²) < 4.78 is 10.6. The van der Waals surface area contributed by atoms with Gasteiger partial charge in [0.2, 0.25) is 11.7 Å². The van der Waals surface area contributed by atoms with Crippen molar-refractivity contribution in [3.63, 3.8) is 0 Å². The summed E-state index contributed by atoms with van der Waals surface area (Å²) in [6.45, 7) is 7.22. The van der Waals surface area contributed by atoms with Gasteiger partial charge in [0.25, 0.3) is 5.91 Å². The molecule has 0 radical (unpaired) electrons. The Morgan fingerprint density at radius 1 is 1.16 bits per heavy atom. The van der Waals surface area contributed by atoms with Gasteiger partial charge < -0.3 is 19.7 Å². The average molecular weight is 444 g/mol. The molecular weight excluding hydrogens is 414 g/mol. The zero-order valence-corrected chi connectivity index (χ0v) is 19.0. The molecule has 0 fully saturated rings. The number of carbonyl (C=O) groups excluding carboxylic acids is 2. The number of rotatable bonds is 10. The number of ether oxygens (including phenoxy) is 2. The van der Waals surface area contributed by atoms with Crippen LogP contribution in [0.5, 0.6) is 11.5 Å². The van der Waals surface area contributed by atoms with Crippen LogP contribution in [-0.2, 0) is 16.1 Å². The van der Waals surface area contributed by atoms with Crippen molar-refractivity contribution in [1.82, 2.24) is 10.2 Å². The van der Waals surface area contributed by atoms with Gasteiger partial charge in [0.15, 0.2) is 6.61 Å². The topological polar surface area (TPSA) is 111 Å². The number of carbonyl (C=O) groups is 2. The molecule has 0 saturated heterocycles. The van der Waals surface area contributed by atoms with Crippen LogP contribution in [0.1, 0.15) is 31.9 Å². The Kier molecular flexibility index (Phi) is 8.57. The number of hydrogen-bond donors (Lipinski definition) is 1. The lowest BCUT2D eigenvalue weighted by molar-refractivity contribution is -0.385. The summed E-state index contributed by atoms with van der Waals surface area (Å²) in [6.07, 6.45) is 0. The Bertz CT molecular complexity index is 976. The SMILES string of the molecule is COc1cc(OCC(=O)N(Cc2cccc(C)c2)[C@H](C)C(=O)NC(C)C)ccc1[N+](=O)[O-]. The van der Waals surface area contributed by atoms with Gasteiger partial charge in [-0.1, -0.05) is 29.8 Å². The van der Waals surface area contributed by atoms with Crippen molar-refractivity contribution in [2.24, 2.45) is 0 Å². The third-order valence-electron chi connectivity index (χ3n) is 4.74. The normalized spacial score (nSPS) is 11.6. The van der Waals surface area contributed by atoms with E-state index < -0.39 is 16.9 Å². The molecule has 0 bridgehead atoms. The number of methoxy groups -OCH3 is 1. The third-order valence-corrected chi connectivity index (χ3v) is 4.74. The van der Waals surface area contributed by atoms with Gasteiger partial charge >= 0.3 is 5.69 Å². The van der Waals surface area contributed by atoms with E-state index in [0.29, 0.717) is 0 Å². The lowest BCUT2D eigenvalue weighted by Crippen LogP contribution is -2.50. The minimum atomic E-state index is -0.722. The lowest BCUT2D eigenvalue weighted by atomic mass is 10.1. The van der Waals surface area contributed by atoms with Crippen molar-refractivity contribution in [1.29, 1.82) is 0 Å². The molecule has 172 valence electrons. The van der Waals surface area contributed by atoms with Crippen LogP contribution >= 0.6 is 0 Å². The summed E-state index contributed by atoms with van der Waals surface area (Å²) >= 11 is 0. The molecule has 0 unspecified atom stereocenters. The maximum absolute atomic E-state index is 13.0. The average Bonchev–Trinajstić information content (AvgIpc) is 2.74. The number of nitro benzene ring substituents is 1. The van der Waals surface area contributed by atoms with Crippen LogP contribution in [0.15, 0.2) is 42.5 Å². The van der Waals surface area contributed by atoms with Crippen molar-refractivity contribution in [3.05, 3.63) is 63.7 Å². The second-order valence-corrected chi connectivity index (χ2v) is 7.73. The Balaban J connectivity index is 2.20. The van der Waals surface area contributed by atoms with Crippen LogP contribution in [0.4, 0.5) is 5.69 Å². The summed E-state index contributed by atoms with van der Waals surface area (Å²) in [4.78, 5) is 37.6. The second-order valence-electron chi connectivity index (χ2n) is 7.73. The molecule has 2 aromatic rings. The highest BCUT2D eigenvalue weighted by atomic mass is 16.6. The molecule has 2 aromatic carbocycles. The fourth-order valence-electron chi connectivity index (χ4n) is 3.12. The van der Waals surface area contributed by atoms with E-state index in [1.165, 1.54) is 30.2 Å². The number of hydrogen-bond acceptors (Lipinski definition) is 6. The van der Waals surface area contributed by atoms with Crippen LogP contribution in [0.3, 0.4) is 0 Å². The standard InChI is InChI=1S/C23H29N3O6/c1-15(2)24-23(28)17(4)25(13-18-8-6-7-16(3)11-18)22(27)14-32-19-9-10-20(26(29)30)21(12-19)31-5/h6-12,15,17H,13-14H2,1-5H3,(H,24,28)/t17-/m1/s1. The van der Waals surface area contributed by atoms with Gasteiger partial charge in [0.05, 0.1) is 12.0 Å². The summed E-state index contributed by atoms with van der Waals surface area (Å²) in [5.41, 5.74) is 1.73. The van der Waals surface area contributed by atoms with Crippen molar-refractivity contribution >= 4 is 17.5 Å². The Hall–Kier alpha value is -3.62. The first kappa shape index (κ1) is 24.6. The quantitative estimate of drug-likeness (QED) is 0.446. The van der Waals surface area contributed by atoms with Crippen LogP contribution in [0.2, 0.25) is 0 Å². The summed E-state index contributed by atoms with van der Waals surface area (Å²) in [5.74, 6) is -0.384. The number of nitro groups is 1. The molecule has 0 aliphatic rings. The van der Waals surface area contributed by atoms with Crippen molar-refractivity contribution in [2.75, 3.05) is 13.7 Å². The minimum Gasteiger partial charge on any atom is -0.490 e. The molecular formula is C23H29N3O6. The molecule has 1 N–H and O–H groups in total. The molecule has 0 saturated carbocycles. The highest BCUT2D eigenvalue weighted by Crippen LogP contribution is 2.30. The van der Waals surface area contributed by atoms with E-state index in [4.69, 9.17) is 9.47 Å². The van der Waals surface area contributed by atoms with Crippen LogP contribution in [-0.4, -0.2) is 47.4 Å². The Morgan fingerprint density at radius 3 is 2.47 bits per heavy atom. The van der Waals surface area contributed by atoms with E-state index in [1.807, 2.05) is 45.0 Å². The molecule has 0 heterocycles. The zero-order valence-electron chi connectivity index (χ0n) is 19.0. The largest absolute Gasteiger partial charge is 0.490 e. The Morgan fingerprint density at radius 2 is 1.88 bits per heavy atom. The second kappa shape index (κ2) is 11.1. The fourth-order valence-corrected chi connectivity index (χ4v) is 3.12. The van der Waals surface area contributed by atoms with E-state index in [0.717, 1.165) is 11.1 Å². The van der Waals surface area contributed by atoms with Crippen molar-refractivity contribution < 1.29 is 24.0 Å². The third kappa shape index (κ3) is 6.69. The number of nitrogens with zero attached hydrogens (tertiary/aromatic N) is 2. The fraction of sp³-hybridized carbons (Fsp3) is 0.391. The molecule has 2 amide bonds. The van der Waals surface area contributed by atoms with E-state index in [9.17, 15) is 19.7 Å². The van der Waals surface area contributed by atoms with Crippen LogP contribution < -0.4 is 14.8 Å². The summed E-state index contributed by atoms with van der Waals surface area (Å²) in [7, 11) is 1.32. The summed E-state index contributed by atoms with van der Waals surface area (Å²) in [6, 6.07) is 10.9. The summed E-state index contributed by atoms with van der Waals surface area (Å²) in [5, 5.41) is 13.9. The zero-order chi connectivity index (χ0) is 23.8. The van der Waals surface area contributed by atoms with Gasteiger partial charge in [-0.15, -0.1) is 0 Å². The smallest absolute Gasteiger partial charge is 0.311 e. The number of nitrogens with one attached hydrogen (secondary N) is 1. The van der Waals surface area contributed by atoms with E-state index in [-0.39, 0.29) is 42.3 Å². The maximum Gasteiger partial charge on any atom is 0.311 e. The monoisotopic (exact) mass is 443 g/mol. The number of aryl methyl sites for hydroxylation is 1. The predicted molar refractivity (Wildman–Crippen MR) is 120 cm³/mol. The van der Waals surface area contributed by atoms with E-state index in [2.05, 4.69) is 5.32 Å². The van der Waals surface area contributed by atoms with E-state index in [1.54, 1.807) is 6.92 Å². The lowest BCUT2D eigenvalue weighted by Gasteiger charge is -2.29. The highest BCUT2D eigenvalue weighted by Gasteiger charge is 2.27. The molecule has 9 heteroatoms. The van der Waals surface area contributed by atoms with Gasteiger partial charge in [-0.3, -0.25) is 19.7 Å². The predicted octanol–water partition coefficient (Wildman–Crippen LogP) is 3.23. The molecule has 1 atom stereocenters. The maximum atomic E-state index is 13.0. The van der Waals surface area contributed by atoms with Gasteiger partial charge in [-0.05, 0) is 39.3 Å². The van der Waals surface area contributed by atoms with Crippen LogP contribution in [0, 0.1) is 17.0 Å². The molecule has 0 spiro atoms. The molecule has 0 aromatic heterocycles. The molecule has 9 nitrogen and oxygen atoms in total. The first-order chi connectivity index (χ1) is 15.1. The van der Waals surface area contributed by atoms with Gasteiger partial charge in [0.1, 0.15) is 11.8 Å². The Labute approximate surface area is 187 Å². The molecule has 0 aliphatic carbocycles. The van der Waals surface area contributed by atoms with Gasteiger partial charge in [-0.2, -0.15) is 0 Å². The number of benzene rings is 2. The van der Waals surface area contributed by atoms with Gasteiger partial charge in [0, 0.05) is 24.7 Å². The van der Waals surface area contributed by atoms with E-state index >= 15 is 0 Å².